The lowest BCUT2D eigenvalue weighted by molar-refractivity contribution is 0.113. The van der Waals surface area contributed by atoms with Gasteiger partial charge in [0.2, 0.25) is 0 Å². The van der Waals surface area contributed by atoms with E-state index in [9.17, 15) is 17.6 Å². The van der Waals surface area contributed by atoms with Crippen molar-refractivity contribution in [3.63, 3.8) is 0 Å². The minimum absolute atomic E-state index is 0.319. The van der Waals surface area contributed by atoms with Crippen molar-refractivity contribution in [1.82, 2.24) is 0 Å². The van der Waals surface area contributed by atoms with E-state index >= 15 is 0 Å². The topological polar surface area (TPSA) is 35.2 Å². The summed E-state index contributed by atoms with van der Waals surface area (Å²) >= 11 is 0. The number of rotatable bonds is 3. The third-order valence-corrected chi connectivity index (χ3v) is 1.88. The van der Waals surface area contributed by atoms with Gasteiger partial charge >= 0.3 is 0 Å². The summed E-state index contributed by atoms with van der Waals surface area (Å²) in [6.07, 6.45) is -2.95. The highest BCUT2D eigenvalue weighted by atomic mass is 19.3. The highest BCUT2D eigenvalue weighted by Crippen LogP contribution is 2.30. The van der Waals surface area contributed by atoms with Gasteiger partial charge in [-0.05, 0) is 0 Å². The first-order valence-electron chi connectivity index (χ1n) is 4.04. The molecule has 0 spiro atoms. The number of alkyl halides is 2. The number of methoxy groups -OCH3 is 1. The van der Waals surface area contributed by atoms with E-state index in [-0.39, 0.29) is 5.75 Å². The average Bonchev–Trinajstić information content (AvgIpc) is 2.15. The van der Waals surface area contributed by atoms with Crippen molar-refractivity contribution in [2.24, 2.45) is 5.73 Å². The maximum Gasteiger partial charge on any atom is 0.257 e. The Bertz CT molecular complexity index is 356. The molecule has 0 aliphatic heterocycles. The van der Waals surface area contributed by atoms with Crippen LogP contribution < -0.4 is 10.5 Å². The Morgan fingerprint density at radius 3 is 2.33 bits per heavy atom. The smallest absolute Gasteiger partial charge is 0.257 e. The fraction of sp³-hybridized carbons (Fsp3) is 0.333. The second-order valence-corrected chi connectivity index (χ2v) is 2.86. The van der Waals surface area contributed by atoms with Crippen molar-refractivity contribution in [3.8, 4) is 5.75 Å². The molecule has 1 atom stereocenters. The summed E-state index contributed by atoms with van der Waals surface area (Å²) in [6.45, 7) is 0. The minimum Gasteiger partial charge on any atom is -0.496 e. The molecule has 0 saturated carbocycles. The molecule has 0 fully saturated rings. The number of hydrogen-bond acceptors (Lipinski definition) is 2. The van der Waals surface area contributed by atoms with E-state index in [0.29, 0.717) is 6.07 Å². The van der Waals surface area contributed by atoms with E-state index in [4.69, 9.17) is 5.73 Å². The van der Waals surface area contributed by atoms with Crippen LogP contribution in [0, 0.1) is 11.6 Å². The fourth-order valence-corrected chi connectivity index (χ4v) is 1.18. The highest BCUT2D eigenvalue weighted by molar-refractivity contribution is 5.38. The van der Waals surface area contributed by atoms with Crippen LogP contribution >= 0.6 is 0 Å². The van der Waals surface area contributed by atoms with Crippen LogP contribution in [0.3, 0.4) is 0 Å². The Balaban J connectivity index is 3.26. The quantitative estimate of drug-likeness (QED) is 0.797. The first kappa shape index (κ1) is 11.8. The second-order valence-electron chi connectivity index (χ2n) is 2.86. The van der Waals surface area contributed by atoms with Gasteiger partial charge in [0, 0.05) is 12.1 Å². The van der Waals surface area contributed by atoms with Crippen LogP contribution in [0.25, 0.3) is 0 Å². The molecule has 15 heavy (non-hydrogen) atoms. The van der Waals surface area contributed by atoms with Crippen LogP contribution in [0.1, 0.15) is 11.6 Å². The molecule has 0 saturated heterocycles. The number of halogens is 4. The zero-order valence-electron chi connectivity index (χ0n) is 7.81. The molecule has 2 N–H and O–H groups in total. The standard InChI is InChI=1S/C9H9F4NO/c1-15-6-3-4(10)2-5(11)7(6)8(14)9(12)13/h2-3,8-9H,14H2,1H3. The van der Waals surface area contributed by atoms with Crippen LogP contribution in [0.15, 0.2) is 12.1 Å². The molecule has 0 radical (unpaired) electrons. The first-order chi connectivity index (χ1) is 6.97. The highest BCUT2D eigenvalue weighted by Gasteiger charge is 2.25. The number of benzene rings is 1. The van der Waals surface area contributed by atoms with Gasteiger partial charge in [-0.3, -0.25) is 0 Å². The van der Waals surface area contributed by atoms with Gasteiger partial charge < -0.3 is 10.5 Å². The molecule has 0 aliphatic carbocycles. The average molecular weight is 223 g/mol. The molecule has 1 rings (SSSR count). The molecular formula is C9H9F4NO. The predicted molar refractivity (Wildman–Crippen MR) is 45.8 cm³/mol. The first-order valence-corrected chi connectivity index (χ1v) is 4.04. The van der Waals surface area contributed by atoms with Crippen molar-refractivity contribution in [3.05, 3.63) is 29.3 Å². The molecular weight excluding hydrogens is 214 g/mol. The Morgan fingerprint density at radius 2 is 1.87 bits per heavy atom. The maximum atomic E-state index is 13.2. The lowest BCUT2D eigenvalue weighted by atomic mass is 10.1. The molecule has 6 heteroatoms. The molecule has 84 valence electrons. The Hall–Kier alpha value is -1.30. The lowest BCUT2D eigenvalue weighted by Crippen LogP contribution is -2.21. The summed E-state index contributed by atoms with van der Waals surface area (Å²) in [5.41, 5.74) is 4.55. The number of nitrogens with two attached hydrogens (primary N) is 1. The van der Waals surface area contributed by atoms with Gasteiger partial charge in [0.1, 0.15) is 17.4 Å². The van der Waals surface area contributed by atoms with Crippen LogP contribution in [-0.4, -0.2) is 13.5 Å². The molecule has 0 aromatic heterocycles. The summed E-state index contributed by atoms with van der Waals surface area (Å²) < 4.78 is 55.0. The minimum atomic E-state index is -2.95. The maximum absolute atomic E-state index is 13.2. The summed E-state index contributed by atoms with van der Waals surface area (Å²) in [5.74, 6) is -2.37. The van der Waals surface area contributed by atoms with Crippen molar-refractivity contribution in [2.75, 3.05) is 7.11 Å². The van der Waals surface area contributed by atoms with Gasteiger partial charge in [-0.1, -0.05) is 0 Å². The van der Waals surface area contributed by atoms with Crippen molar-refractivity contribution >= 4 is 0 Å². The monoisotopic (exact) mass is 223 g/mol. The zero-order valence-corrected chi connectivity index (χ0v) is 7.81. The van der Waals surface area contributed by atoms with Crippen molar-refractivity contribution in [1.29, 1.82) is 0 Å². The third-order valence-electron chi connectivity index (χ3n) is 1.88. The van der Waals surface area contributed by atoms with E-state index in [1.807, 2.05) is 0 Å². The molecule has 0 amide bonds. The van der Waals surface area contributed by atoms with E-state index < -0.39 is 29.7 Å². The lowest BCUT2D eigenvalue weighted by Gasteiger charge is -2.15. The fourth-order valence-electron chi connectivity index (χ4n) is 1.18. The van der Waals surface area contributed by atoms with Crippen LogP contribution in [-0.2, 0) is 0 Å². The summed E-state index contributed by atoms with van der Waals surface area (Å²) in [5, 5.41) is 0. The number of hydrogen-bond donors (Lipinski definition) is 1. The molecule has 1 aromatic rings. The van der Waals surface area contributed by atoms with Crippen molar-refractivity contribution < 1.29 is 22.3 Å². The van der Waals surface area contributed by atoms with Crippen LogP contribution in [0.4, 0.5) is 17.6 Å². The van der Waals surface area contributed by atoms with E-state index in [2.05, 4.69) is 4.74 Å². The van der Waals surface area contributed by atoms with Crippen LogP contribution in [0.2, 0.25) is 0 Å². The van der Waals surface area contributed by atoms with Gasteiger partial charge in [0.05, 0.1) is 18.7 Å². The van der Waals surface area contributed by atoms with Gasteiger partial charge in [-0.25, -0.2) is 17.6 Å². The van der Waals surface area contributed by atoms with Crippen LogP contribution in [0.5, 0.6) is 5.75 Å². The summed E-state index contributed by atoms with van der Waals surface area (Å²) in [7, 11) is 1.12. The largest absolute Gasteiger partial charge is 0.496 e. The second kappa shape index (κ2) is 4.48. The van der Waals surface area contributed by atoms with Gasteiger partial charge in [0.25, 0.3) is 6.43 Å². The van der Waals surface area contributed by atoms with E-state index in [0.717, 1.165) is 13.2 Å². The normalized spacial score (nSPS) is 13.0. The Kier molecular flexibility index (Phi) is 3.52. The van der Waals surface area contributed by atoms with E-state index in [1.165, 1.54) is 0 Å². The summed E-state index contributed by atoms with van der Waals surface area (Å²) in [6, 6.07) is -0.540. The van der Waals surface area contributed by atoms with Gasteiger partial charge in [-0.15, -0.1) is 0 Å². The van der Waals surface area contributed by atoms with Crippen molar-refractivity contribution in [2.45, 2.75) is 12.5 Å². The van der Waals surface area contributed by atoms with Gasteiger partial charge in [0.15, 0.2) is 0 Å². The Morgan fingerprint density at radius 1 is 1.27 bits per heavy atom. The Labute approximate surface area is 83.6 Å². The molecule has 1 aromatic carbocycles. The number of ether oxygens (including phenoxy) is 1. The zero-order chi connectivity index (χ0) is 11.6. The molecule has 2 nitrogen and oxygen atoms in total. The van der Waals surface area contributed by atoms with Gasteiger partial charge in [-0.2, -0.15) is 0 Å². The summed E-state index contributed by atoms with van der Waals surface area (Å²) in [4.78, 5) is 0. The SMILES string of the molecule is COc1cc(F)cc(F)c1C(N)C(F)F. The molecule has 0 aliphatic rings. The molecule has 0 bridgehead atoms. The predicted octanol–water partition coefficient (Wildman–Crippen LogP) is 2.24. The third kappa shape index (κ3) is 2.38. The van der Waals surface area contributed by atoms with E-state index in [1.54, 1.807) is 0 Å². The molecule has 1 unspecified atom stereocenters. The molecule has 0 heterocycles.